The molecule has 1 aliphatic rings. The smallest absolute Gasteiger partial charge is 0.410 e. The van der Waals surface area contributed by atoms with Crippen molar-refractivity contribution < 1.29 is 19.1 Å². The number of amides is 2. The van der Waals surface area contributed by atoms with Gasteiger partial charge in [0.2, 0.25) is 5.91 Å². The van der Waals surface area contributed by atoms with E-state index in [4.69, 9.17) is 9.47 Å². The Balaban J connectivity index is 1.46. The molecule has 0 spiro atoms. The number of para-hydroxylation sites is 2. The SMILES string of the molecule is CC(C)Oc1ccccc1N(C(=O)C1CCN(C(=O)OCc2ccccc2)CC1)c1ccncn1. The molecule has 1 aliphatic heterocycles. The Morgan fingerprint density at radius 3 is 2.43 bits per heavy atom. The van der Waals surface area contributed by atoms with Gasteiger partial charge < -0.3 is 14.4 Å². The van der Waals surface area contributed by atoms with Gasteiger partial charge in [-0.05, 0) is 50.5 Å². The maximum atomic E-state index is 13.8. The number of carbonyl (C=O) groups is 2. The molecule has 0 saturated carbocycles. The summed E-state index contributed by atoms with van der Waals surface area (Å²) in [4.78, 5) is 38.0. The highest BCUT2D eigenvalue weighted by Gasteiger charge is 2.33. The molecular weight excluding hydrogens is 444 g/mol. The number of nitrogens with zero attached hydrogens (tertiary/aromatic N) is 4. The highest BCUT2D eigenvalue weighted by Crippen LogP contribution is 2.36. The first-order valence-corrected chi connectivity index (χ1v) is 11.8. The summed E-state index contributed by atoms with van der Waals surface area (Å²) in [6.45, 7) is 5.02. The molecular formula is C27H30N4O4. The van der Waals surface area contributed by atoms with Crippen molar-refractivity contribution in [1.82, 2.24) is 14.9 Å². The zero-order valence-corrected chi connectivity index (χ0v) is 20.0. The van der Waals surface area contributed by atoms with Crippen LogP contribution in [0, 0.1) is 5.92 Å². The van der Waals surface area contributed by atoms with Gasteiger partial charge in [-0.15, -0.1) is 0 Å². The standard InChI is InChI=1S/C27H30N4O4/c1-20(2)35-24-11-7-6-10-23(24)31(25-12-15-28-19-29-25)26(32)22-13-16-30(17-14-22)27(33)34-18-21-8-4-3-5-9-21/h3-12,15,19-20,22H,13-14,16-18H2,1-2H3. The summed E-state index contributed by atoms with van der Waals surface area (Å²) in [5.41, 5.74) is 1.57. The number of benzene rings is 2. The lowest BCUT2D eigenvalue weighted by atomic mass is 9.95. The minimum Gasteiger partial charge on any atom is -0.489 e. The zero-order chi connectivity index (χ0) is 24.6. The molecule has 182 valence electrons. The number of aromatic nitrogens is 2. The number of hydrogen-bond acceptors (Lipinski definition) is 6. The molecule has 35 heavy (non-hydrogen) atoms. The Morgan fingerprint density at radius 1 is 1.03 bits per heavy atom. The maximum absolute atomic E-state index is 13.8. The van der Waals surface area contributed by atoms with Crippen molar-refractivity contribution in [2.24, 2.45) is 5.92 Å². The second-order valence-electron chi connectivity index (χ2n) is 8.68. The molecule has 8 heteroatoms. The van der Waals surface area contributed by atoms with Gasteiger partial charge in [0.15, 0.2) is 0 Å². The average Bonchev–Trinajstić information content (AvgIpc) is 2.89. The van der Waals surface area contributed by atoms with Gasteiger partial charge >= 0.3 is 6.09 Å². The van der Waals surface area contributed by atoms with E-state index in [0.717, 1.165) is 5.56 Å². The highest BCUT2D eigenvalue weighted by molar-refractivity contribution is 6.02. The maximum Gasteiger partial charge on any atom is 0.410 e. The van der Waals surface area contributed by atoms with E-state index >= 15 is 0 Å². The van der Waals surface area contributed by atoms with Crippen LogP contribution in [-0.2, 0) is 16.1 Å². The fourth-order valence-corrected chi connectivity index (χ4v) is 4.07. The van der Waals surface area contributed by atoms with Crippen LogP contribution in [-0.4, -0.2) is 46.1 Å². The van der Waals surface area contributed by atoms with E-state index in [1.54, 1.807) is 22.1 Å². The van der Waals surface area contributed by atoms with Gasteiger partial charge in [0.1, 0.15) is 24.5 Å². The number of carbonyl (C=O) groups excluding carboxylic acids is 2. The minimum absolute atomic E-state index is 0.0522. The van der Waals surface area contributed by atoms with Crippen LogP contribution in [0.2, 0.25) is 0 Å². The topological polar surface area (TPSA) is 84.9 Å². The Bertz CT molecular complexity index is 1120. The van der Waals surface area contributed by atoms with Crippen molar-refractivity contribution >= 4 is 23.5 Å². The normalized spacial score (nSPS) is 14.0. The number of hydrogen-bond donors (Lipinski definition) is 0. The molecule has 2 amide bonds. The van der Waals surface area contributed by atoms with Crippen LogP contribution in [0.1, 0.15) is 32.3 Å². The molecule has 8 nitrogen and oxygen atoms in total. The van der Waals surface area contributed by atoms with Gasteiger partial charge in [-0.2, -0.15) is 0 Å². The molecule has 0 N–H and O–H groups in total. The Kier molecular flexibility index (Phi) is 7.92. The molecule has 1 aromatic heterocycles. The Morgan fingerprint density at radius 2 is 1.74 bits per heavy atom. The summed E-state index contributed by atoms with van der Waals surface area (Å²) in [7, 11) is 0. The van der Waals surface area contributed by atoms with Crippen molar-refractivity contribution in [1.29, 1.82) is 0 Å². The number of ether oxygens (including phenoxy) is 2. The third-order valence-corrected chi connectivity index (χ3v) is 5.79. The van der Waals surface area contributed by atoms with E-state index in [1.165, 1.54) is 6.33 Å². The summed E-state index contributed by atoms with van der Waals surface area (Å²) in [5, 5.41) is 0. The molecule has 0 radical (unpaired) electrons. The predicted octanol–water partition coefficient (Wildman–Crippen LogP) is 4.98. The van der Waals surface area contributed by atoms with Gasteiger partial charge in [0.05, 0.1) is 11.8 Å². The van der Waals surface area contributed by atoms with E-state index in [-0.39, 0.29) is 30.6 Å². The summed E-state index contributed by atoms with van der Waals surface area (Å²) < 4.78 is 11.5. The van der Waals surface area contributed by atoms with Crippen LogP contribution < -0.4 is 9.64 Å². The van der Waals surface area contributed by atoms with Gasteiger partial charge in [0.25, 0.3) is 0 Å². The molecule has 4 rings (SSSR count). The fraction of sp³-hybridized carbons (Fsp3) is 0.333. The van der Waals surface area contributed by atoms with Crippen LogP contribution in [0.5, 0.6) is 5.75 Å². The summed E-state index contributed by atoms with van der Waals surface area (Å²) in [6, 6.07) is 18.7. The number of rotatable bonds is 7. The summed E-state index contributed by atoms with van der Waals surface area (Å²) in [5.74, 6) is 0.738. The number of anilines is 2. The molecule has 0 unspecified atom stereocenters. The molecule has 0 aliphatic carbocycles. The van der Waals surface area contributed by atoms with Gasteiger partial charge in [-0.3, -0.25) is 9.69 Å². The third-order valence-electron chi connectivity index (χ3n) is 5.79. The average molecular weight is 475 g/mol. The van der Waals surface area contributed by atoms with Crippen LogP contribution in [0.15, 0.2) is 73.2 Å². The molecule has 3 aromatic rings. The van der Waals surface area contributed by atoms with Crippen molar-refractivity contribution in [3.63, 3.8) is 0 Å². The van der Waals surface area contributed by atoms with Gasteiger partial charge in [0, 0.05) is 25.2 Å². The van der Waals surface area contributed by atoms with E-state index in [9.17, 15) is 9.59 Å². The van der Waals surface area contributed by atoms with E-state index in [2.05, 4.69) is 9.97 Å². The zero-order valence-electron chi connectivity index (χ0n) is 20.0. The fourth-order valence-electron chi connectivity index (χ4n) is 4.07. The first-order chi connectivity index (χ1) is 17.0. The van der Waals surface area contributed by atoms with Crippen molar-refractivity contribution in [2.75, 3.05) is 18.0 Å². The molecule has 0 bridgehead atoms. The minimum atomic E-state index is -0.358. The lowest BCUT2D eigenvalue weighted by Gasteiger charge is -2.34. The second-order valence-corrected chi connectivity index (χ2v) is 8.68. The number of likely N-dealkylation sites (tertiary alicyclic amines) is 1. The molecule has 0 atom stereocenters. The van der Waals surface area contributed by atoms with Gasteiger partial charge in [-0.25, -0.2) is 14.8 Å². The molecule has 1 fully saturated rings. The van der Waals surface area contributed by atoms with E-state index in [0.29, 0.717) is 43.2 Å². The highest BCUT2D eigenvalue weighted by atomic mass is 16.6. The lowest BCUT2D eigenvalue weighted by molar-refractivity contribution is -0.123. The van der Waals surface area contributed by atoms with E-state index in [1.807, 2.05) is 68.4 Å². The summed E-state index contributed by atoms with van der Waals surface area (Å²) in [6.07, 6.45) is 3.70. The van der Waals surface area contributed by atoms with Crippen molar-refractivity contribution in [3.8, 4) is 5.75 Å². The quantitative estimate of drug-likeness (QED) is 0.480. The number of piperidine rings is 1. The van der Waals surface area contributed by atoms with Crippen LogP contribution in [0.3, 0.4) is 0 Å². The largest absolute Gasteiger partial charge is 0.489 e. The van der Waals surface area contributed by atoms with Crippen molar-refractivity contribution in [3.05, 3.63) is 78.8 Å². The Labute approximate surface area is 205 Å². The van der Waals surface area contributed by atoms with Crippen LogP contribution >= 0.6 is 0 Å². The van der Waals surface area contributed by atoms with Crippen LogP contribution in [0.25, 0.3) is 0 Å². The van der Waals surface area contributed by atoms with E-state index < -0.39 is 0 Å². The van der Waals surface area contributed by atoms with Crippen molar-refractivity contribution in [2.45, 2.75) is 39.4 Å². The molecule has 1 saturated heterocycles. The van der Waals surface area contributed by atoms with Crippen LogP contribution in [0.4, 0.5) is 16.3 Å². The monoisotopic (exact) mass is 474 g/mol. The van der Waals surface area contributed by atoms with Gasteiger partial charge in [-0.1, -0.05) is 42.5 Å². The second kappa shape index (κ2) is 11.5. The predicted molar refractivity (Wildman–Crippen MR) is 132 cm³/mol. The molecule has 2 heterocycles. The Hall–Kier alpha value is -3.94. The lowest BCUT2D eigenvalue weighted by Crippen LogP contribution is -2.43. The first kappa shape index (κ1) is 24.2. The third kappa shape index (κ3) is 6.15. The molecule has 2 aromatic carbocycles. The summed E-state index contributed by atoms with van der Waals surface area (Å²) >= 11 is 0. The first-order valence-electron chi connectivity index (χ1n) is 11.8.